The van der Waals surface area contributed by atoms with Gasteiger partial charge in [0.15, 0.2) is 0 Å². The average molecular weight is 496 g/mol. The summed E-state index contributed by atoms with van der Waals surface area (Å²) in [6.07, 6.45) is 3.36. The van der Waals surface area contributed by atoms with E-state index in [-0.39, 0.29) is 18.1 Å². The molecule has 1 aliphatic rings. The molecule has 1 unspecified atom stereocenters. The summed E-state index contributed by atoms with van der Waals surface area (Å²) < 4.78 is 11.4. The molecule has 1 aliphatic heterocycles. The minimum absolute atomic E-state index is 0.260. The van der Waals surface area contributed by atoms with E-state index in [1.54, 1.807) is 4.90 Å². The van der Waals surface area contributed by atoms with Crippen LogP contribution < -0.4 is 10.6 Å². The topological polar surface area (TPSA) is 105 Å². The van der Waals surface area contributed by atoms with Gasteiger partial charge in [0.25, 0.3) is 0 Å². The van der Waals surface area contributed by atoms with Crippen molar-refractivity contribution in [1.29, 1.82) is 0 Å². The maximum Gasteiger partial charge on any atom is 0.410 e. The third kappa shape index (κ3) is 5.77. The van der Waals surface area contributed by atoms with Crippen LogP contribution in [0.3, 0.4) is 0 Å². The molecule has 9 heteroatoms. The molecule has 0 saturated heterocycles. The number of nitrogens with two attached hydrogens (primary N) is 1. The number of fused-ring (bicyclic) bond motifs is 3. The van der Waals surface area contributed by atoms with Gasteiger partial charge < -0.3 is 20.3 Å². The first kappa shape index (κ1) is 24.6. The third-order valence-electron chi connectivity index (χ3n) is 5.81. The van der Waals surface area contributed by atoms with E-state index in [0.717, 1.165) is 34.3 Å². The second-order valence-electron chi connectivity index (χ2n) is 8.79. The molecule has 0 saturated carbocycles. The van der Waals surface area contributed by atoms with E-state index in [1.165, 1.54) is 18.0 Å². The van der Waals surface area contributed by atoms with Crippen LogP contribution in [-0.4, -0.2) is 54.7 Å². The number of nitrogens with zero attached hydrogens (tertiary/aromatic N) is 3. The van der Waals surface area contributed by atoms with Crippen molar-refractivity contribution < 1.29 is 14.3 Å². The van der Waals surface area contributed by atoms with Gasteiger partial charge >= 0.3 is 6.09 Å². The fraction of sp³-hybridized carbons (Fsp3) is 0.346. The Kier molecular flexibility index (Phi) is 7.92. The molecule has 0 radical (unpaired) electrons. The van der Waals surface area contributed by atoms with Crippen molar-refractivity contribution in [3.8, 4) is 5.75 Å². The number of hydrogen-bond acceptors (Lipinski definition) is 6. The SMILES string of the molecule is CC(C)COC(=O)N1CCc2c([nH]c3ccc(Cl)cc23)C1c1ccc(OCCN=CC=NN)cc1. The zero-order chi connectivity index (χ0) is 24.8. The maximum absolute atomic E-state index is 13.1. The summed E-state index contributed by atoms with van der Waals surface area (Å²) in [6, 6.07) is 13.3. The number of aliphatic imine (C=N–C) groups is 1. The van der Waals surface area contributed by atoms with Gasteiger partial charge in [0.2, 0.25) is 0 Å². The van der Waals surface area contributed by atoms with Crippen molar-refractivity contribution in [1.82, 2.24) is 9.88 Å². The highest BCUT2D eigenvalue weighted by Gasteiger charge is 2.35. The van der Waals surface area contributed by atoms with Crippen LogP contribution in [0.1, 0.15) is 36.7 Å². The summed E-state index contributed by atoms with van der Waals surface area (Å²) in [4.78, 5) is 22.6. The molecule has 3 N–H and O–H groups in total. The van der Waals surface area contributed by atoms with Crippen LogP contribution in [0.4, 0.5) is 4.79 Å². The Bertz CT molecular complexity index is 1220. The largest absolute Gasteiger partial charge is 0.492 e. The molecule has 0 bridgehead atoms. The molecule has 4 rings (SSSR count). The van der Waals surface area contributed by atoms with Gasteiger partial charge in [-0.2, -0.15) is 5.10 Å². The Labute approximate surface area is 209 Å². The van der Waals surface area contributed by atoms with E-state index >= 15 is 0 Å². The van der Waals surface area contributed by atoms with E-state index in [1.807, 2.05) is 56.3 Å². The Morgan fingerprint density at radius 3 is 2.80 bits per heavy atom. The maximum atomic E-state index is 13.1. The number of nitrogens with one attached hydrogen (secondary N) is 1. The summed E-state index contributed by atoms with van der Waals surface area (Å²) in [5, 5.41) is 5.14. The zero-order valence-corrected chi connectivity index (χ0v) is 20.7. The molecular formula is C26H30ClN5O3. The molecule has 0 aliphatic carbocycles. The molecule has 3 aromatic rings. The second-order valence-corrected chi connectivity index (χ2v) is 9.23. The van der Waals surface area contributed by atoms with E-state index in [0.29, 0.717) is 31.3 Å². The molecule has 2 aromatic carbocycles. The molecule has 35 heavy (non-hydrogen) atoms. The second kappa shape index (κ2) is 11.3. The molecule has 0 fully saturated rings. The number of halogens is 1. The minimum Gasteiger partial charge on any atom is -0.492 e. The number of benzene rings is 2. The third-order valence-corrected chi connectivity index (χ3v) is 6.04. The van der Waals surface area contributed by atoms with Gasteiger partial charge in [0, 0.05) is 34.4 Å². The molecule has 1 amide bonds. The molecule has 184 valence electrons. The smallest absolute Gasteiger partial charge is 0.410 e. The fourth-order valence-corrected chi connectivity index (χ4v) is 4.42. The Morgan fingerprint density at radius 2 is 2.06 bits per heavy atom. The average Bonchev–Trinajstić information content (AvgIpc) is 3.22. The summed E-state index contributed by atoms with van der Waals surface area (Å²) in [5.41, 5.74) is 4.14. The van der Waals surface area contributed by atoms with Gasteiger partial charge in [0.1, 0.15) is 18.4 Å². The molecular weight excluding hydrogens is 466 g/mol. The van der Waals surface area contributed by atoms with Gasteiger partial charge in [-0.25, -0.2) is 4.79 Å². The van der Waals surface area contributed by atoms with Crippen LogP contribution in [0.25, 0.3) is 10.9 Å². The highest BCUT2D eigenvalue weighted by molar-refractivity contribution is 6.31. The van der Waals surface area contributed by atoms with Crippen molar-refractivity contribution >= 4 is 41.0 Å². The first-order chi connectivity index (χ1) is 17.0. The number of H-pyrrole nitrogens is 1. The normalized spacial score (nSPS) is 15.9. The number of carbonyl (C=O) groups excluding carboxylic acids is 1. The Balaban J connectivity index is 1.61. The van der Waals surface area contributed by atoms with Crippen LogP contribution >= 0.6 is 11.6 Å². The minimum atomic E-state index is -0.315. The lowest BCUT2D eigenvalue weighted by atomic mass is 9.92. The predicted octanol–water partition coefficient (Wildman–Crippen LogP) is 4.96. The number of amides is 1. The van der Waals surface area contributed by atoms with Gasteiger partial charge in [0.05, 0.1) is 19.4 Å². The summed E-state index contributed by atoms with van der Waals surface area (Å²) in [7, 11) is 0. The monoisotopic (exact) mass is 495 g/mol. The predicted molar refractivity (Wildman–Crippen MR) is 140 cm³/mol. The van der Waals surface area contributed by atoms with Crippen LogP contribution in [0, 0.1) is 5.92 Å². The molecule has 8 nitrogen and oxygen atoms in total. The van der Waals surface area contributed by atoms with Crippen molar-refractivity contribution in [3.05, 3.63) is 64.3 Å². The lowest BCUT2D eigenvalue weighted by Gasteiger charge is -2.35. The van der Waals surface area contributed by atoms with Gasteiger partial charge in [-0.3, -0.25) is 9.89 Å². The Morgan fingerprint density at radius 1 is 1.26 bits per heavy atom. The summed E-state index contributed by atoms with van der Waals surface area (Å²) in [5.74, 6) is 6.02. The van der Waals surface area contributed by atoms with E-state index in [2.05, 4.69) is 15.1 Å². The molecule has 1 atom stereocenters. The first-order valence-electron chi connectivity index (χ1n) is 11.7. The van der Waals surface area contributed by atoms with Crippen LogP contribution in [0.5, 0.6) is 5.75 Å². The lowest BCUT2D eigenvalue weighted by Crippen LogP contribution is -2.41. The summed E-state index contributed by atoms with van der Waals surface area (Å²) in [6.45, 7) is 5.90. The highest BCUT2D eigenvalue weighted by atomic mass is 35.5. The Hall–Kier alpha value is -3.52. The number of hydrogen-bond donors (Lipinski definition) is 2. The highest BCUT2D eigenvalue weighted by Crippen LogP contribution is 2.39. The fourth-order valence-electron chi connectivity index (χ4n) is 4.25. The van der Waals surface area contributed by atoms with Gasteiger partial charge in [-0.15, -0.1) is 0 Å². The van der Waals surface area contributed by atoms with Crippen molar-refractivity contribution in [2.45, 2.75) is 26.3 Å². The van der Waals surface area contributed by atoms with Crippen molar-refractivity contribution in [2.75, 3.05) is 26.3 Å². The number of hydrazone groups is 1. The van der Waals surface area contributed by atoms with Crippen LogP contribution in [-0.2, 0) is 11.2 Å². The lowest BCUT2D eigenvalue weighted by molar-refractivity contribution is 0.0797. The van der Waals surface area contributed by atoms with Gasteiger partial charge in [-0.05, 0) is 53.8 Å². The zero-order valence-electron chi connectivity index (χ0n) is 19.9. The standard InChI is InChI=1S/C26H30ClN5O3/c1-17(2)16-35-26(33)32-13-9-21-22-15-19(27)5-8-23(22)31-24(21)25(32)18-3-6-20(7-4-18)34-14-12-29-10-11-30-28/h3-8,10-11,15,17,25,31H,9,12-14,16,28H2,1-2H3. The first-order valence-corrected chi connectivity index (χ1v) is 12.0. The van der Waals surface area contributed by atoms with E-state index in [9.17, 15) is 4.79 Å². The molecule has 2 heterocycles. The number of aromatic nitrogens is 1. The van der Waals surface area contributed by atoms with Crippen molar-refractivity contribution in [2.24, 2.45) is 21.9 Å². The summed E-state index contributed by atoms with van der Waals surface area (Å²) >= 11 is 6.28. The number of ether oxygens (including phenoxy) is 2. The number of rotatable bonds is 8. The van der Waals surface area contributed by atoms with Crippen LogP contribution in [0.15, 0.2) is 52.6 Å². The van der Waals surface area contributed by atoms with Gasteiger partial charge in [-0.1, -0.05) is 37.6 Å². The van der Waals surface area contributed by atoms with E-state index in [4.69, 9.17) is 26.9 Å². The molecule has 0 spiro atoms. The molecule has 1 aromatic heterocycles. The van der Waals surface area contributed by atoms with Crippen LogP contribution in [0.2, 0.25) is 5.02 Å². The number of aromatic amines is 1. The number of carbonyl (C=O) groups is 1. The van der Waals surface area contributed by atoms with E-state index < -0.39 is 0 Å². The van der Waals surface area contributed by atoms with Crippen molar-refractivity contribution in [3.63, 3.8) is 0 Å². The quantitative estimate of drug-likeness (QED) is 0.199.